The lowest BCUT2D eigenvalue weighted by atomic mass is 10.0. The number of rotatable bonds is 6. The Hall–Kier alpha value is -1.53. The third-order valence-electron chi connectivity index (χ3n) is 4.02. The van der Waals surface area contributed by atoms with E-state index in [1.165, 1.54) is 11.1 Å². The fourth-order valence-corrected chi connectivity index (χ4v) is 3.52. The minimum Gasteiger partial charge on any atom is -0.438 e. The lowest BCUT2D eigenvalue weighted by Gasteiger charge is -2.29. The van der Waals surface area contributed by atoms with Crippen LogP contribution in [0.2, 0.25) is 0 Å². The van der Waals surface area contributed by atoms with Crippen LogP contribution in [0.1, 0.15) is 71.4 Å². The van der Waals surface area contributed by atoms with Crippen LogP contribution in [0.5, 0.6) is 11.5 Å². The molecule has 0 aliphatic heterocycles. The summed E-state index contributed by atoms with van der Waals surface area (Å²) < 4.78 is 12.5. The molecule has 0 unspecified atom stereocenters. The van der Waals surface area contributed by atoms with Gasteiger partial charge in [0.25, 0.3) is 8.38 Å². The zero-order valence-corrected chi connectivity index (χ0v) is 17.4. The van der Waals surface area contributed by atoms with Crippen molar-refractivity contribution in [1.29, 1.82) is 0 Å². The molecule has 0 aliphatic carbocycles. The van der Waals surface area contributed by atoms with Gasteiger partial charge in [0.15, 0.2) is 0 Å². The molecule has 0 saturated heterocycles. The van der Waals surface area contributed by atoms with Gasteiger partial charge in [-0.2, -0.15) is 0 Å². The Morgan fingerprint density at radius 1 is 0.640 bits per heavy atom. The molecule has 0 fully saturated rings. The molecule has 0 spiro atoms. The molecule has 2 aromatic carbocycles. The molecule has 0 bridgehead atoms. The number of hydrogen-bond acceptors (Lipinski definition) is 2. The zero-order chi connectivity index (χ0) is 18.6. The molecule has 0 N–H and O–H groups in total. The maximum absolute atomic E-state index is 6.24. The molecule has 2 nitrogen and oxygen atoms in total. The van der Waals surface area contributed by atoms with Crippen molar-refractivity contribution in [2.24, 2.45) is 0 Å². The van der Waals surface area contributed by atoms with Crippen LogP contribution in [-0.2, 0) is 0 Å². The van der Waals surface area contributed by atoms with Crippen LogP contribution in [0.25, 0.3) is 0 Å². The SMILES string of the molecule is CC(C)c1ccc(OP(Oc2ccc(C(C)C)cc2)C(C)(C)C)cc1. The Labute approximate surface area is 154 Å². The Kier molecular flexibility index (Phi) is 6.52. The van der Waals surface area contributed by atoms with Crippen LogP contribution in [0.4, 0.5) is 0 Å². The minimum absolute atomic E-state index is 0.0806. The highest BCUT2D eigenvalue weighted by Crippen LogP contribution is 2.51. The van der Waals surface area contributed by atoms with E-state index >= 15 is 0 Å². The van der Waals surface area contributed by atoms with E-state index in [2.05, 4.69) is 72.7 Å². The summed E-state index contributed by atoms with van der Waals surface area (Å²) in [4.78, 5) is 0. The fraction of sp³-hybridized carbons (Fsp3) is 0.455. The van der Waals surface area contributed by atoms with E-state index in [4.69, 9.17) is 9.05 Å². The van der Waals surface area contributed by atoms with Crippen LogP contribution < -0.4 is 9.05 Å². The molecule has 136 valence electrons. The molecule has 0 radical (unpaired) electrons. The van der Waals surface area contributed by atoms with Crippen LogP contribution in [0, 0.1) is 0 Å². The summed E-state index contributed by atoms with van der Waals surface area (Å²) in [5, 5.41) is -0.0806. The van der Waals surface area contributed by atoms with Gasteiger partial charge in [0.05, 0.1) is 5.16 Å². The van der Waals surface area contributed by atoms with Crippen LogP contribution in [-0.4, -0.2) is 5.16 Å². The monoisotopic (exact) mass is 358 g/mol. The van der Waals surface area contributed by atoms with Crippen molar-refractivity contribution >= 4 is 8.38 Å². The molecule has 0 amide bonds. The average Bonchev–Trinajstić information content (AvgIpc) is 2.54. The Balaban J connectivity index is 2.13. The summed E-state index contributed by atoms with van der Waals surface area (Å²) in [6.07, 6.45) is 0. The van der Waals surface area contributed by atoms with Crippen molar-refractivity contribution < 1.29 is 9.05 Å². The molecular weight excluding hydrogens is 327 g/mol. The first-order chi connectivity index (χ1) is 11.7. The lowest BCUT2D eigenvalue weighted by molar-refractivity contribution is 0.455. The van der Waals surface area contributed by atoms with E-state index in [1.807, 2.05) is 24.3 Å². The predicted molar refractivity (Wildman–Crippen MR) is 109 cm³/mol. The summed E-state index contributed by atoms with van der Waals surface area (Å²) in [6, 6.07) is 16.7. The van der Waals surface area contributed by atoms with Crippen LogP contribution >= 0.6 is 8.38 Å². The van der Waals surface area contributed by atoms with Crippen molar-refractivity contribution in [3.8, 4) is 11.5 Å². The van der Waals surface area contributed by atoms with E-state index in [0.717, 1.165) is 11.5 Å². The average molecular weight is 358 g/mol. The van der Waals surface area contributed by atoms with Gasteiger partial charge in [-0.25, -0.2) is 0 Å². The van der Waals surface area contributed by atoms with E-state index in [0.29, 0.717) is 11.8 Å². The normalized spacial score (nSPS) is 12.1. The summed E-state index contributed by atoms with van der Waals surface area (Å²) in [7, 11) is -1.10. The highest BCUT2D eigenvalue weighted by Gasteiger charge is 2.31. The Bertz CT molecular complexity index is 598. The first kappa shape index (κ1) is 19.8. The minimum atomic E-state index is -1.10. The van der Waals surface area contributed by atoms with Gasteiger partial charge < -0.3 is 9.05 Å². The Morgan fingerprint density at radius 3 is 1.20 bits per heavy atom. The summed E-state index contributed by atoms with van der Waals surface area (Å²) in [5.41, 5.74) is 2.63. The molecule has 0 heterocycles. The van der Waals surface area contributed by atoms with Crippen molar-refractivity contribution in [3.05, 3.63) is 59.7 Å². The largest absolute Gasteiger partial charge is 0.438 e. The van der Waals surface area contributed by atoms with Gasteiger partial charge in [-0.15, -0.1) is 0 Å². The standard InChI is InChI=1S/C22H31O2P/c1-16(2)18-8-12-20(13-9-18)23-25(22(5,6)7)24-21-14-10-19(11-15-21)17(3)4/h8-17H,1-7H3. The highest BCUT2D eigenvalue weighted by molar-refractivity contribution is 7.49. The smallest absolute Gasteiger partial charge is 0.296 e. The van der Waals surface area contributed by atoms with Crippen molar-refractivity contribution in [2.45, 2.75) is 65.5 Å². The maximum Gasteiger partial charge on any atom is 0.296 e. The third kappa shape index (κ3) is 5.75. The zero-order valence-electron chi connectivity index (χ0n) is 16.5. The number of benzene rings is 2. The molecule has 3 heteroatoms. The van der Waals surface area contributed by atoms with E-state index in [-0.39, 0.29) is 5.16 Å². The lowest BCUT2D eigenvalue weighted by Crippen LogP contribution is -2.18. The summed E-state index contributed by atoms with van der Waals surface area (Å²) in [6.45, 7) is 15.3. The van der Waals surface area contributed by atoms with Gasteiger partial charge >= 0.3 is 0 Å². The topological polar surface area (TPSA) is 18.5 Å². The second-order valence-electron chi connectivity index (χ2n) is 8.06. The maximum atomic E-state index is 6.24. The van der Waals surface area contributed by atoms with Gasteiger partial charge in [0.2, 0.25) is 0 Å². The highest BCUT2D eigenvalue weighted by atomic mass is 31.2. The van der Waals surface area contributed by atoms with Gasteiger partial charge in [-0.3, -0.25) is 0 Å². The van der Waals surface area contributed by atoms with Gasteiger partial charge in [-0.1, -0.05) is 52.0 Å². The molecule has 0 atom stereocenters. The number of hydrogen-bond donors (Lipinski definition) is 0. The predicted octanol–water partition coefficient (Wildman–Crippen LogP) is 7.50. The fourth-order valence-electron chi connectivity index (χ4n) is 2.31. The van der Waals surface area contributed by atoms with E-state index in [9.17, 15) is 0 Å². The van der Waals surface area contributed by atoms with E-state index in [1.54, 1.807) is 0 Å². The van der Waals surface area contributed by atoms with Crippen LogP contribution in [0.3, 0.4) is 0 Å². The third-order valence-corrected chi connectivity index (χ3v) is 5.87. The van der Waals surface area contributed by atoms with Crippen molar-refractivity contribution in [2.75, 3.05) is 0 Å². The molecule has 2 rings (SSSR count). The molecule has 25 heavy (non-hydrogen) atoms. The molecule has 2 aromatic rings. The van der Waals surface area contributed by atoms with Crippen molar-refractivity contribution in [3.63, 3.8) is 0 Å². The van der Waals surface area contributed by atoms with Gasteiger partial charge in [0, 0.05) is 0 Å². The second-order valence-corrected chi connectivity index (χ2v) is 10.3. The van der Waals surface area contributed by atoms with Gasteiger partial charge in [0.1, 0.15) is 11.5 Å². The first-order valence-electron chi connectivity index (χ1n) is 9.03. The quantitative estimate of drug-likeness (QED) is 0.498. The molecular formula is C22H31O2P. The molecule has 0 aliphatic rings. The van der Waals surface area contributed by atoms with E-state index < -0.39 is 8.38 Å². The van der Waals surface area contributed by atoms with Crippen LogP contribution in [0.15, 0.2) is 48.5 Å². The summed E-state index contributed by atoms with van der Waals surface area (Å²) in [5.74, 6) is 2.77. The molecule has 0 aromatic heterocycles. The first-order valence-corrected chi connectivity index (χ1v) is 10.2. The second kappa shape index (κ2) is 8.23. The Morgan fingerprint density at radius 2 is 0.960 bits per heavy atom. The van der Waals surface area contributed by atoms with Crippen molar-refractivity contribution in [1.82, 2.24) is 0 Å². The summed E-state index contributed by atoms with van der Waals surface area (Å²) >= 11 is 0. The van der Waals surface area contributed by atoms with Gasteiger partial charge in [-0.05, 0) is 68.0 Å². The molecule has 0 saturated carbocycles.